The molecule has 1 N–H and O–H groups in total. The Bertz CT molecular complexity index is 419. The van der Waals surface area contributed by atoms with Crippen LogP contribution in [0.3, 0.4) is 0 Å². The van der Waals surface area contributed by atoms with Gasteiger partial charge < -0.3 is 5.32 Å². The Balaban J connectivity index is 0.00000220. The molecule has 120 valence electrons. The predicted molar refractivity (Wildman–Crippen MR) is 89.7 cm³/mol. The van der Waals surface area contributed by atoms with Crippen molar-refractivity contribution >= 4 is 12.4 Å². The standard InChI is InChI=1S/C17H27FN2.ClH/c1-3-4-5-6-17(20-11-9-19-10-12-20)16-8-7-15(18)13-14(16)2;/h7-8,13,17,19H,3-6,9-12H2,1-2H3;1H/t17-;/m0./s1. The van der Waals surface area contributed by atoms with Crippen LogP contribution in [0.2, 0.25) is 0 Å². The van der Waals surface area contributed by atoms with Gasteiger partial charge in [-0.05, 0) is 36.6 Å². The molecule has 0 aromatic heterocycles. The van der Waals surface area contributed by atoms with Gasteiger partial charge in [0, 0.05) is 32.2 Å². The summed E-state index contributed by atoms with van der Waals surface area (Å²) in [6.07, 6.45) is 4.96. The third kappa shape index (κ3) is 5.24. The summed E-state index contributed by atoms with van der Waals surface area (Å²) >= 11 is 0. The zero-order valence-corrected chi connectivity index (χ0v) is 14.0. The van der Waals surface area contributed by atoms with E-state index in [-0.39, 0.29) is 18.2 Å². The van der Waals surface area contributed by atoms with E-state index >= 15 is 0 Å². The van der Waals surface area contributed by atoms with Crippen LogP contribution >= 0.6 is 12.4 Å². The third-order valence-corrected chi connectivity index (χ3v) is 4.26. The molecular weight excluding hydrogens is 287 g/mol. The van der Waals surface area contributed by atoms with Crippen molar-refractivity contribution in [3.63, 3.8) is 0 Å². The van der Waals surface area contributed by atoms with Gasteiger partial charge in [-0.2, -0.15) is 0 Å². The van der Waals surface area contributed by atoms with E-state index in [4.69, 9.17) is 0 Å². The Morgan fingerprint density at radius 3 is 2.57 bits per heavy atom. The van der Waals surface area contributed by atoms with Gasteiger partial charge in [-0.1, -0.05) is 32.3 Å². The maximum absolute atomic E-state index is 13.3. The monoisotopic (exact) mass is 314 g/mol. The number of nitrogens with one attached hydrogen (secondary N) is 1. The molecule has 0 spiro atoms. The van der Waals surface area contributed by atoms with Gasteiger partial charge in [0.2, 0.25) is 0 Å². The lowest BCUT2D eigenvalue weighted by Gasteiger charge is -2.36. The van der Waals surface area contributed by atoms with Crippen molar-refractivity contribution in [1.29, 1.82) is 0 Å². The number of rotatable bonds is 6. The summed E-state index contributed by atoms with van der Waals surface area (Å²) in [5, 5.41) is 3.41. The number of nitrogens with zero attached hydrogens (tertiary/aromatic N) is 1. The molecule has 4 heteroatoms. The highest BCUT2D eigenvalue weighted by atomic mass is 35.5. The van der Waals surface area contributed by atoms with Crippen molar-refractivity contribution in [3.8, 4) is 0 Å². The summed E-state index contributed by atoms with van der Waals surface area (Å²) in [5.74, 6) is -0.126. The second kappa shape index (κ2) is 9.39. The Hall–Kier alpha value is -0.640. The fourth-order valence-electron chi connectivity index (χ4n) is 3.13. The average molecular weight is 315 g/mol. The van der Waals surface area contributed by atoms with Gasteiger partial charge in [0.05, 0.1) is 0 Å². The molecule has 1 aliphatic rings. The highest BCUT2D eigenvalue weighted by Gasteiger charge is 2.23. The molecule has 0 amide bonds. The van der Waals surface area contributed by atoms with Crippen LogP contribution in [-0.2, 0) is 0 Å². The molecule has 1 aromatic rings. The van der Waals surface area contributed by atoms with Crippen LogP contribution in [0.1, 0.15) is 49.8 Å². The smallest absolute Gasteiger partial charge is 0.123 e. The van der Waals surface area contributed by atoms with Gasteiger partial charge in [0.25, 0.3) is 0 Å². The first kappa shape index (κ1) is 18.4. The van der Waals surface area contributed by atoms with Crippen LogP contribution in [0, 0.1) is 12.7 Å². The van der Waals surface area contributed by atoms with Crippen molar-refractivity contribution in [2.45, 2.75) is 45.6 Å². The predicted octanol–water partition coefficient (Wildman–Crippen LogP) is 4.08. The molecule has 1 heterocycles. The number of piperazine rings is 1. The largest absolute Gasteiger partial charge is 0.314 e. The summed E-state index contributed by atoms with van der Waals surface area (Å²) in [6.45, 7) is 8.58. The van der Waals surface area contributed by atoms with E-state index in [1.54, 1.807) is 12.1 Å². The fraction of sp³-hybridized carbons (Fsp3) is 0.647. The minimum absolute atomic E-state index is 0. The number of benzene rings is 1. The van der Waals surface area contributed by atoms with Gasteiger partial charge >= 0.3 is 0 Å². The number of aryl methyl sites for hydroxylation is 1. The molecule has 1 aliphatic heterocycles. The van der Waals surface area contributed by atoms with Gasteiger partial charge in [-0.15, -0.1) is 12.4 Å². The lowest BCUT2D eigenvalue weighted by Crippen LogP contribution is -2.45. The number of unbranched alkanes of at least 4 members (excludes halogenated alkanes) is 2. The normalized spacial score (nSPS) is 17.3. The van der Waals surface area contributed by atoms with E-state index in [9.17, 15) is 4.39 Å². The minimum Gasteiger partial charge on any atom is -0.314 e. The average Bonchev–Trinajstić information content (AvgIpc) is 2.46. The summed E-state index contributed by atoms with van der Waals surface area (Å²) in [5.41, 5.74) is 2.40. The lowest BCUT2D eigenvalue weighted by molar-refractivity contribution is 0.162. The summed E-state index contributed by atoms with van der Waals surface area (Å²) in [7, 11) is 0. The van der Waals surface area contributed by atoms with Gasteiger partial charge in [0.1, 0.15) is 5.82 Å². The molecule has 2 nitrogen and oxygen atoms in total. The second-order valence-electron chi connectivity index (χ2n) is 5.80. The summed E-state index contributed by atoms with van der Waals surface area (Å²) in [6, 6.07) is 5.72. The van der Waals surface area contributed by atoms with Gasteiger partial charge in [-0.25, -0.2) is 4.39 Å². The van der Waals surface area contributed by atoms with Crippen LogP contribution in [0.4, 0.5) is 4.39 Å². The van der Waals surface area contributed by atoms with E-state index in [0.29, 0.717) is 6.04 Å². The molecule has 0 aliphatic carbocycles. The van der Waals surface area contributed by atoms with Crippen LogP contribution in [0.25, 0.3) is 0 Å². The van der Waals surface area contributed by atoms with Gasteiger partial charge in [-0.3, -0.25) is 4.90 Å². The Kier molecular flexibility index (Phi) is 8.23. The molecule has 21 heavy (non-hydrogen) atoms. The Labute approximate surface area is 134 Å². The van der Waals surface area contributed by atoms with Crippen LogP contribution in [-0.4, -0.2) is 31.1 Å². The quantitative estimate of drug-likeness (QED) is 0.796. The van der Waals surface area contributed by atoms with Crippen molar-refractivity contribution in [2.75, 3.05) is 26.2 Å². The van der Waals surface area contributed by atoms with E-state index in [2.05, 4.69) is 17.1 Å². The Morgan fingerprint density at radius 2 is 1.95 bits per heavy atom. The SMILES string of the molecule is CCCCC[C@@H](c1ccc(F)cc1C)N1CCNCC1.Cl. The van der Waals surface area contributed by atoms with Crippen LogP contribution < -0.4 is 5.32 Å². The molecule has 0 radical (unpaired) electrons. The summed E-state index contributed by atoms with van der Waals surface area (Å²) < 4.78 is 13.3. The third-order valence-electron chi connectivity index (χ3n) is 4.26. The first-order valence-corrected chi connectivity index (χ1v) is 7.93. The fourth-order valence-corrected chi connectivity index (χ4v) is 3.13. The molecule has 1 fully saturated rings. The van der Waals surface area contributed by atoms with Crippen molar-refractivity contribution in [2.24, 2.45) is 0 Å². The van der Waals surface area contributed by atoms with Crippen molar-refractivity contribution in [1.82, 2.24) is 10.2 Å². The van der Waals surface area contributed by atoms with Crippen LogP contribution in [0.5, 0.6) is 0 Å². The molecule has 0 saturated carbocycles. The van der Waals surface area contributed by atoms with E-state index in [0.717, 1.165) is 31.7 Å². The highest BCUT2D eigenvalue weighted by Crippen LogP contribution is 2.29. The zero-order valence-electron chi connectivity index (χ0n) is 13.2. The number of halogens is 2. The summed E-state index contributed by atoms with van der Waals surface area (Å²) in [4.78, 5) is 2.56. The number of hydrogen-bond acceptors (Lipinski definition) is 2. The molecule has 2 rings (SSSR count). The molecule has 1 saturated heterocycles. The zero-order chi connectivity index (χ0) is 14.4. The molecular formula is C17H28ClFN2. The molecule has 1 atom stereocenters. The maximum Gasteiger partial charge on any atom is 0.123 e. The maximum atomic E-state index is 13.3. The van der Waals surface area contributed by atoms with Crippen LogP contribution in [0.15, 0.2) is 18.2 Å². The van der Waals surface area contributed by atoms with E-state index in [1.165, 1.54) is 31.2 Å². The Morgan fingerprint density at radius 1 is 1.24 bits per heavy atom. The van der Waals surface area contributed by atoms with Gasteiger partial charge in [0.15, 0.2) is 0 Å². The molecule has 1 aromatic carbocycles. The second-order valence-corrected chi connectivity index (χ2v) is 5.80. The topological polar surface area (TPSA) is 15.3 Å². The number of hydrogen-bond donors (Lipinski definition) is 1. The van der Waals surface area contributed by atoms with Crippen molar-refractivity contribution in [3.05, 3.63) is 35.1 Å². The highest BCUT2D eigenvalue weighted by molar-refractivity contribution is 5.85. The minimum atomic E-state index is -0.126. The first-order valence-electron chi connectivity index (χ1n) is 7.93. The van der Waals surface area contributed by atoms with Crippen molar-refractivity contribution < 1.29 is 4.39 Å². The van der Waals surface area contributed by atoms with E-state index < -0.39 is 0 Å². The molecule has 0 bridgehead atoms. The lowest BCUT2D eigenvalue weighted by atomic mass is 9.94. The first-order chi connectivity index (χ1) is 9.72. The molecule has 0 unspecified atom stereocenters. The van der Waals surface area contributed by atoms with E-state index in [1.807, 2.05) is 13.0 Å².